The molecule has 0 bridgehead atoms. The number of amides is 1. The summed E-state index contributed by atoms with van der Waals surface area (Å²) in [5, 5.41) is 14.8. The Kier molecular flexibility index (Phi) is 5.66. The molecule has 0 aliphatic heterocycles. The molecule has 3 nitrogen and oxygen atoms in total. The highest BCUT2D eigenvalue weighted by Crippen LogP contribution is 2.21. The van der Waals surface area contributed by atoms with E-state index in [-0.39, 0.29) is 17.5 Å². The van der Waals surface area contributed by atoms with Crippen LogP contribution in [-0.2, 0) is 4.79 Å². The van der Waals surface area contributed by atoms with Gasteiger partial charge in [-0.3, -0.25) is 4.79 Å². The third-order valence-corrected chi connectivity index (χ3v) is 4.38. The van der Waals surface area contributed by atoms with Gasteiger partial charge in [-0.25, -0.2) is 4.39 Å². The maximum Gasteiger partial charge on any atom is 0.244 e. The second-order valence-corrected chi connectivity index (χ2v) is 6.26. The molecule has 0 aromatic heterocycles. The highest BCUT2D eigenvalue weighted by molar-refractivity contribution is 6.32. The van der Waals surface area contributed by atoms with Crippen LogP contribution < -0.4 is 5.32 Å². The second-order valence-electron chi connectivity index (χ2n) is 5.85. The maximum atomic E-state index is 13.0. The molecule has 0 radical (unpaired) electrons. The minimum Gasteiger partial charge on any atom is -0.394 e. The van der Waals surface area contributed by atoms with Gasteiger partial charge in [0.15, 0.2) is 0 Å². The monoisotopic (exact) mass is 369 g/mol. The number of hydrogen-bond donors (Lipinski definition) is 2. The number of carbonyl (C=O) groups excluding carboxylic acids is 1. The molecule has 132 valence electrons. The van der Waals surface area contributed by atoms with Crippen LogP contribution in [0.5, 0.6) is 0 Å². The van der Waals surface area contributed by atoms with E-state index in [9.17, 15) is 14.3 Å². The average Bonchev–Trinajstić information content (AvgIpc) is 2.65. The third-order valence-electron chi connectivity index (χ3n) is 4.05. The van der Waals surface area contributed by atoms with Gasteiger partial charge in [0.1, 0.15) is 5.82 Å². The summed E-state index contributed by atoms with van der Waals surface area (Å²) >= 11 is 5.93. The highest BCUT2D eigenvalue weighted by atomic mass is 35.5. The molecule has 0 fully saturated rings. The van der Waals surface area contributed by atoms with E-state index in [2.05, 4.69) is 5.32 Å². The Labute approximate surface area is 155 Å². The van der Waals surface area contributed by atoms with Crippen molar-refractivity contribution in [3.8, 4) is 0 Å². The Morgan fingerprint density at radius 3 is 2.62 bits per heavy atom. The molecular weight excluding hydrogens is 353 g/mol. The Hall–Kier alpha value is -2.69. The molecule has 2 N–H and O–H groups in total. The molecule has 1 atom stereocenters. The van der Waals surface area contributed by atoms with E-state index in [1.165, 1.54) is 30.4 Å². The predicted molar refractivity (Wildman–Crippen MR) is 102 cm³/mol. The molecule has 0 spiro atoms. The second kappa shape index (κ2) is 8.13. The molecule has 5 heteroatoms. The summed E-state index contributed by atoms with van der Waals surface area (Å²) in [6.07, 6.45) is 2.81. The van der Waals surface area contributed by atoms with Crippen molar-refractivity contribution in [1.29, 1.82) is 0 Å². The maximum absolute atomic E-state index is 13.0. The molecule has 0 aliphatic rings. The average molecular weight is 370 g/mol. The van der Waals surface area contributed by atoms with E-state index < -0.39 is 11.9 Å². The number of carbonyl (C=O) groups is 1. The van der Waals surface area contributed by atoms with Gasteiger partial charge < -0.3 is 10.4 Å². The fraction of sp³-hybridized carbons (Fsp3) is 0.0952. The van der Waals surface area contributed by atoms with Crippen molar-refractivity contribution in [3.63, 3.8) is 0 Å². The first-order chi connectivity index (χ1) is 12.6. The van der Waals surface area contributed by atoms with E-state index in [1.807, 2.05) is 42.5 Å². The summed E-state index contributed by atoms with van der Waals surface area (Å²) < 4.78 is 13.0. The smallest absolute Gasteiger partial charge is 0.244 e. The van der Waals surface area contributed by atoms with Gasteiger partial charge in [0, 0.05) is 6.08 Å². The van der Waals surface area contributed by atoms with Crippen LogP contribution in [-0.4, -0.2) is 17.6 Å². The van der Waals surface area contributed by atoms with Crippen LogP contribution in [0.15, 0.2) is 66.7 Å². The minimum absolute atomic E-state index is 0.224. The Bertz CT molecular complexity index is 971. The first kappa shape index (κ1) is 18.1. The molecule has 3 aromatic carbocycles. The summed E-state index contributed by atoms with van der Waals surface area (Å²) in [4.78, 5) is 12.2. The van der Waals surface area contributed by atoms with Gasteiger partial charge in [0.2, 0.25) is 5.91 Å². The van der Waals surface area contributed by atoms with Crippen molar-refractivity contribution in [2.75, 3.05) is 6.61 Å². The van der Waals surface area contributed by atoms with Gasteiger partial charge in [-0.15, -0.1) is 0 Å². The summed E-state index contributed by atoms with van der Waals surface area (Å²) in [5.41, 5.74) is 1.35. The molecule has 26 heavy (non-hydrogen) atoms. The van der Waals surface area contributed by atoms with E-state index in [0.717, 1.165) is 16.3 Å². The van der Waals surface area contributed by atoms with E-state index >= 15 is 0 Å². The Morgan fingerprint density at radius 1 is 1.12 bits per heavy atom. The fourth-order valence-corrected chi connectivity index (χ4v) is 2.91. The van der Waals surface area contributed by atoms with Gasteiger partial charge in [0.25, 0.3) is 0 Å². The summed E-state index contributed by atoms with van der Waals surface area (Å²) in [6.45, 7) is -0.227. The minimum atomic E-state index is -0.527. The topological polar surface area (TPSA) is 49.3 Å². The number of fused-ring (bicyclic) bond motifs is 1. The number of halogens is 2. The van der Waals surface area contributed by atoms with Crippen LogP contribution >= 0.6 is 11.6 Å². The largest absolute Gasteiger partial charge is 0.394 e. The van der Waals surface area contributed by atoms with Gasteiger partial charge in [0.05, 0.1) is 17.7 Å². The molecule has 3 rings (SSSR count). The first-order valence-corrected chi connectivity index (χ1v) is 8.48. The van der Waals surface area contributed by atoms with Crippen molar-refractivity contribution in [2.45, 2.75) is 6.04 Å². The van der Waals surface area contributed by atoms with Crippen LogP contribution in [0.4, 0.5) is 4.39 Å². The summed E-state index contributed by atoms with van der Waals surface area (Å²) in [5.74, 6) is -0.814. The summed E-state index contributed by atoms with van der Waals surface area (Å²) in [6, 6.07) is 17.1. The van der Waals surface area contributed by atoms with Crippen molar-refractivity contribution < 1.29 is 14.3 Å². The SMILES string of the molecule is O=C(/C=C/c1ccc(F)cc1Cl)N[C@@H](CO)c1ccc2ccccc2c1. The molecule has 0 saturated heterocycles. The number of benzene rings is 3. The standard InChI is InChI=1S/C21H17ClFNO2/c22-19-12-18(23)9-7-15(19)8-10-21(26)24-20(13-25)17-6-5-14-3-1-2-4-16(14)11-17/h1-12,20,25H,13H2,(H,24,26)/b10-8+/t20-/m0/s1. The summed E-state index contributed by atoms with van der Waals surface area (Å²) in [7, 11) is 0. The highest BCUT2D eigenvalue weighted by Gasteiger charge is 2.12. The molecule has 0 saturated carbocycles. The van der Waals surface area contributed by atoms with Crippen LogP contribution in [0.3, 0.4) is 0 Å². The Morgan fingerprint density at radius 2 is 1.88 bits per heavy atom. The lowest BCUT2D eigenvalue weighted by Crippen LogP contribution is -2.29. The lowest BCUT2D eigenvalue weighted by molar-refractivity contribution is -0.117. The third kappa shape index (κ3) is 4.28. The zero-order chi connectivity index (χ0) is 18.5. The van der Waals surface area contributed by atoms with Crippen molar-refractivity contribution >= 4 is 34.4 Å². The van der Waals surface area contributed by atoms with Crippen LogP contribution in [0.25, 0.3) is 16.8 Å². The van der Waals surface area contributed by atoms with E-state index in [4.69, 9.17) is 11.6 Å². The van der Waals surface area contributed by atoms with E-state index in [0.29, 0.717) is 5.56 Å². The number of rotatable bonds is 5. The predicted octanol–water partition coefficient (Wildman–Crippen LogP) is 4.50. The zero-order valence-corrected chi connectivity index (χ0v) is 14.6. The molecule has 0 unspecified atom stereocenters. The van der Waals surface area contributed by atoms with Gasteiger partial charge >= 0.3 is 0 Å². The molecule has 3 aromatic rings. The van der Waals surface area contributed by atoms with Crippen LogP contribution in [0.1, 0.15) is 17.2 Å². The molecule has 1 amide bonds. The fourth-order valence-electron chi connectivity index (χ4n) is 2.68. The lowest BCUT2D eigenvalue weighted by atomic mass is 10.0. The zero-order valence-electron chi connectivity index (χ0n) is 13.8. The number of aliphatic hydroxyl groups excluding tert-OH is 1. The van der Waals surface area contributed by atoms with Crippen LogP contribution in [0, 0.1) is 5.82 Å². The van der Waals surface area contributed by atoms with Crippen molar-refractivity contribution in [2.24, 2.45) is 0 Å². The van der Waals surface area contributed by atoms with Crippen molar-refractivity contribution in [1.82, 2.24) is 5.32 Å². The van der Waals surface area contributed by atoms with E-state index in [1.54, 1.807) is 0 Å². The number of hydrogen-bond acceptors (Lipinski definition) is 2. The number of nitrogens with one attached hydrogen (secondary N) is 1. The normalized spacial score (nSPS) is 12.4. The van der Waals surface area contributed by atoms with Crippen LogP contribution in [0.2, 0.25) is 5.02 Å². The van der Waals surface area contributed by atoms with Gasteiger partial charge in [-0.2, -0.15) is 0 Å². The number of aliphatic hydroxyl groups is 1. The first-order valence-electron chi connectivity index (χ1n) is 8.10. The Balaban J connectivity index is 1.74. The molecule has 0 aliphatic carbocycles. The van der Waals surface area contributed by atoms with Gasteiger partial charge in [-0.1, -0.05) is 54.1 Å². The lowest BCUT2D eigenvalue weighted by Gasteiger charge is -2.16. The molecule has 0 heterocycles. The van der Waals surface area contributed by atoms with Crippen molar-refractivity contribution in [3.05, 3.63) is 88.7 Å². The van der Waals surface area contributed by atoms with Gasteiger partial charge in [-0.05, 0) is 46.2 Å². The molecular formula is C21H17ClFNO2. The quantitative estimate of drug-likeness (QED) is 0.651.